The minimum absolute atomic E-state index is 0.106. The number of anilines is 1. The molecule has 2 aliphatic rings. The van der Waals surface area contributed by atoms with Crippen molar-refractivity contribution in [2.24, 2.45) is 5.92 Å². The zero-order chi connectivity index (χ0) is 17.0. The van der Waals surface area contributed by atoms with Gasteiger partial charge in [-0.2, -0.15) is 0 Å². The Morgan fingerprint density at radius 2 is 1.84 bits per heavy atom. The predicted octanol–water partition coefficient (Wildman–Crippen LogP) is 6.57. The van der Waals surface area contributed by atoms with Crippen molar-refractivity contribution in [1.82, 2.24) is 0 Å². The Balaban J connectivity index is 1.70. The first-order valence-corrected chi connectivity index (χ1v) is 9.41. The van der Waals surface area contributed by atoms with Crippen LogP contribution < -0.4 is 5.32 Å². The number of fused-ring (bicyclic) bond motifs is 4. The Kier molecular flexibility index (Phi) is 3.46. The van der Waals surface area contributed by atoms with Gasteiger partial charge in [-0.1, -0.05) is 70.5 Å². The van der Waals surface area contributed by atoms with Crippen LogP contribution in [-0.4, -0.2) is 0 Å². The van der Waals surface area contributed by atoms with Crippen molar-refractivity contribution in [3.63, 3.8) is 0 Å². The fourth-order valence-corrected chi connectivity index (χ4v) is 4.90. The first-order chi connectivity index (χ1) is 12.2. The number of benzene rings is 3. The van der Waals surface area contributed by atoms with Crippen molar-refractivity contribution in [2.45, 2.75) is 18.4 Å². The Morgan fingerprint density at radius 3 is 2.76 bits per heavy atom. The summed E-state index contributed by atoms with van der Waals surface area (Å²) in [5.74, 6) is 0.479. The summed E-state index contributed by atoms with van der Waals surface area (Å²) >= 11 is 3.44. The average molecular weight is 394 g/mol. The minimum atomic E-state index is -0.187. The van der Waals surface area contributed by atoms with Gasteiger partial charge in [0.25, 0.3) is 0 Å². The fourth-order valence-electron chi connectivity index (χ4n) is 4.45. The van der Waals surface area contributed by atoms with Gasteiger partial charge in [-0.25, -0.2) is 4.39 Å². The molecule has 25 heavy (non-hydrogen) atoms. The van der Waals surface area contributed by atoms with Crippen LogP contribution in [0.3, 0.4) is 0 Å². The van der Waals surface area contributed by atoms with Crippen LogP contribution >= 0.6 is 15.9 Å². The topological polar surface area (TPSA) is 12.0 Å². The largest absolute Gasteiger partial charge is 0.375 e. The molecular weight excluding hydrogens is 377 g/mol. The van der Waals surface area contributed by atoms with Gasteiger partial charge in [-0.15, -0.1) is 0 Å². The Labute approximate surface area is 154 Å². The van der Waals surface area contributed by atoms with Crippen molar-refractivity contribution in [1.29, 1.82) is 0 Å². The van der Waals surface area contributed by atoms with Crippen molar-refractivity contribution in [2.75, 3.05) is 5.32 Å². The molecule has 3 aromatic rings. The molecule has 0 radical (unpaired) electrons. The lowest BCUT2D eigenvalue weighted by molar-refractivity contribution is 0.422. The number of hydrogen-bond acceptors (Lipinski definition) is 1. The van der Waals surface area contributed by atoms with E-state index >= 15 is 0 Å². The molecule has 0 spiro atoms. The number of rotatable bonds is 1. The van der Waals surface area contributed by atoms with Crippen molar-refractivity contribution < 1.29 is 4.39 Å². The molecule has 3 atom stereocenters. The molecule has 1 aliphatic heterocycles. The Morgan fingerprint density at radius 1 is 1.00 bits per heavy atom. The van der Waals surface area contributed by atoms with Gasteiger partial charge in [0.2, 0.25) is 0 Å². The van der Waals surface area contributed by atoms with E-state index in [2.05, 4.69) is 81.9 Å². The quantitative estimate of drug-likeness (QED) is 0.461. The molecule has 1 nitrogen and oxygen atoms in total. The van der Waals surface area contributed by atoms with E-state index in [1.165, 1.54) is 16.3 Å². The molecule has 0 amide bonds. The summed E-state index contributed by atoms with van der Waals surface area (Å²) in [7, 11) is 0. The van der Waals surface area contributed by atoms with Crippen LogP contribution in [0.4, 0.5) is 10.1 Å². The van der Waals surface area contributed by atoms with Crippen LogP contribution in [0.25, 0.3) is 10.8 Å². The summed E-state index contributed by atoms with van der Waals surface area (Å²) in [5, 5.41) is 6.01. The zero-order valence-corrected chi connectivity index (χ0v) is 15.1. The summed E-state index contributed by atoms with van der Waals surface area (Å²) in [6.45, 7) is 0. The van der Waals surface area contributed by atoms with Gasteiger partial charge in [0.15, 0.2) is 0 Å². The SMILES string of the molecule is Fc1cc(Br)cc2c1N[C@H](c1cccc3ccccc13)[C@@H]1CC=C[C@@H]21. The number of allylic oxidation sites excluding steroid dienone is 2. The highest BCUT2D eigenvalue weighted by molar-refractivity contribution is 9.10. The van der Waals surface area contributed by atoms with Crippen LogP contribution in [0, 0.1) is 11.7 Å². The van der Waals surface area contributed by atoms with Crippen LogP contribution in [0.15, 0.2) is 71.2 Å². The second-order valence-corrected chi connectivity index (χ2v) is 7.81. The van der Waals surface area contributed by atoms with Gasteiger partial charge in [-0.05, 0) is 46.4 Å². The molecule has 124 valence electrons. The highest BCUT2D eigenvalue weighted by Gasteiger charge is 2.39. The summed E-state index contributed by atoms with van der Waals surface area (Å²) in [5.41, 5.74) is 2.96. The highest BCUT2D eigenvalue weighted by Crippen LogP contribution is 2.51. The van der Waals surface area contributed by atoms with Crippen LogP contribution in [-0.2, 0) is 0 Å². The first-order valence-electron chi connectivity index (χ1n) is 8.62. The van der Waals surface area contributed by atoms with E-state index < -0.39 is 0 Å². The normalized spacial score (nSPS) is 24.0. The molecule has 3 heteroatoms. The van der Waals surface area contributed by atoms with E-state index in [0.717, 1.165) is 16.5 Å². The second-order valence-electron chi connectivity index (χ2n) is 6.90. The molecule has 0 aromatic heterocycles. The first kappa shape index (κ1) is 15.2. The number of hydrogen-bond donors (Lipinski definition) is 1. The van der Waals surface area contributed by atoms with E-state index in [0.29, 0.717) is 11.6 Å². The van der Waals surface area contributed by atoms with E-state index in [-0.39, 0.29) is 17.8 Å². The third kappa shape index (κ3) is 2.33. The molecule has 1 N–H and O–H groups in total. The molecule has 0 saturated carbocycles. The lowest BCUT2D eigenvalue weighted by Crippen LogP contribution is -2.30. The van der Waals surface area contributed by atoms with Crippen LogP contribution in [0.5, 0.6) is 0 Å². The third-order valence-corrected chi connectivity index (χ3v) is 6.00. The highest BCUT2D eigenvalue weighted by atomic mass is 79.9. The maximum atomic E-state index is 14.7. The molecule has 5 rings (SSSR count). The zero-order valence-electron chi connectivity index (χ0n) is 13.5. The summed E-state index contributed by atoms with van der Waals surface area (Å²) in [6, 6.07) is 18.6. The summed E-state index contributed by atoms with van der Waals surface area (Å²) in [4.78, 5) is 0. The van der Waals surface area contributed by atoms with Crippen molar-refractivity contribution in [3.05, 3.63) is 88.2 Å². The molecule has 1 aliphatic carbocycles. The van der Waals surface area contributed by atoms with E-state index in [4.69, 9.17) is 0 Å². The molecule has 3 aromatic carbocycles. The Hall–Kier alpha value is -2.13. The monoisotopic (exact) mass is 393 g/mol. The second kappa shape index (κ2) is 5.70. The van der Waals surface area contributed by atoms with Crippen molar-refractivity contribution >= 4 is 32.4 Å². The van der Waals surface area contributed by atoms with Gasteiger partial charge in [0, 0.05) is 10.4 Å². The predicted molar refractivity (Wildman–Crippen MR) is 104 cm³/mol. The van der Waals surface area contributed by atoms with E-state index in [9.17, 15) is 4.39 Å². The molecule has 0 saturated heterocycles. The summed E-state index contributed by atoms with van der Waals surface area (Å²) in [6.07, 6.45) is 5.50. The van der Waals surface area contributed by atoms with E-state index in [1.54, 1.807) is 6.07 Å². The average Bonchev–Trinajstić information content (AvgIpc) is 3.11. The molecule has 0 bridgehead atoms. The van der Waals surface area contributed by atoms with Gasteiger partial charge in [0.1, 0.15) is 5.82 Å². The smallest absolute Gasteiger partial charge is 0.147 e. The number of nitrogens with one attached hydrogen (secondary N) is 1. The molecule has 1 heterocycles. The molecular formula is C22H17BrFN. The van der Waals surface area contributed by atoms with Crippen molar-refractivity contribution in [3.8, 4) is 0 Å². The third-order valence-electron chi connectivity index (χ3n) is 5.54. The molecule has 0 unspecified atom stereocenters. The van der Waals surface area contributed by atoms with Crippen LogP contribution in [0.1, 0.15) is 29.5 Å². The van der Waals surface area contributed by atoms with Gasteiger partial charge < -0.3 is 5.32 Å². The van der Waals surface area contributed by atoms with Crippen LogP contribution in [0.2, 0.25) is 0 Å². The Bertz CT molecular complexity index is 1000. The minimum Gasteiger partial charge on any atom is -0.375 e. The van der Waals surface area contributed by atoms with Gasteiger partial charge in [0.05, 0.1) is 11.7 Å². The van der Waals surface area contributed by atoms with Gasteiger partial charge >= 0.3 is 0 Å². The summed E-state index contributed by atoms with van der Waals surface area (Å²) < 4.78 is 15.5. The number of halogens is 2. The molecule has 0 fully saturated rings. The standard InChI is InChI=1S/C22H17BrFN/c23-14-11-19-16-8-4-10-18(16)21(25-22(19)20(24)12-14)17-9-3-6-13-5-1-2-7-15(13)17/h1-9,11-12,16,18,21,25H,10H2/t16-,18-,21-/m1/s1. The van der Waals surface area contributed by atoms with Gasteiger partial charge in [-0.3, -0.25) is 0 Å². The lowest BCUT2D eigenvalue weighted by Gasteiger charge is -2.38. The maximum absolute atomic E-state index is 14.7. The lowest BCUT2D eigenvalue weighted by atomic mass is 9.76. The fraction of sp³-hybridized carbons (Fsp3) is 0.182. The van der Waals surface area contributed by atoms with E-state index in [1.807, 2.05) is 0 Å². The maximum Gasteiger partial charge on any atom is 0.147 e.